The van der Waals surface area contributed by atoms with Gasteiger partial charge in [-0.15, -0.1) is 0 Å². The van der Waals surface area contributed by atoms with Gasteiger partial charge in [0.05, 0.1) is 12.3 Å². The van der Waals surface area contributed by atoms with E-state index in [4.69, 9.17) is 5.11 Å². The van der Waals surface area contributed by atoms with Crippen molar-refractivity contribution in [3.8, 4) is 0 Å². The van der Waals surface area contributed by atoms with E-state index < -0.39 is 17.7 Å². The number of hydrogen-bond donors (Lipinski definition) is 2. The number of hydrogen-bond acceptors (Lipinski definition) is 2. The van der Waals surface area contributed by atoms with Crippen LogP contribution >= 0.6 is 0 Å². The first-order valence-electron chi connectivity index (χ1n) is 5.25. The maximum atomic E-state index is 12.9. The topological polar surface area (TPSA) is 66.4 Å². The van der Waals surface area contributed by atoms with Crippen molar-refractivity contribution < 1.29 is 19.1 Å². The lowest BCUT2D eigenvalue weighted by Crippen LogP contribution is -2.30. The molecule has 0 saturated heterocycles. The summed E-state index contributed by atoms with van der Waals surface area (Å²) in [4.78, 5) is 21.9. The minimum Gasteiger partial charge on any atom is -0.481 e. The van der Waals surface area contributed by atoms with E-state index in [9.17, 15) is 14.0 Å². The lowest BCUT2D eigenvalue weighted by molar-refractivity contribution is -0.136. The predicted octanol–water partition coefficient (Wildman–Crippen LogP) is 1.52. The van der Waals surface area contributed by atoms with E-state index in [0.29, 0.717) is 5.56 Å². The Hall–Kier alpha value is -1.91. The molecule has 0 fully saturated rings. The maximum Gasteiger partial charge on any atom is 0.305 e. The second kappa shape index (κ2) is 5.98. The highest BCUT2D eigenvalue weighted by Crippen LogP contribution is 2.16. The van der Waals surface area contributed by atoms with Crippen LogP contribution in [0.25, 0.3) is 0 Å². The van der Waals surface area contributed by atoms with E-state index in [0.717, 1.165) is 0 Å². The second-order valence-corrected chi connectivity index (χ2v) is 3.71. The third kappa shape index (κ3) is 4.22. The average Bonchev–Trinajstić information content (AvgIpc) is 2.27. The molecule has 2 N–H and O–H groups in total. The molecule has 0 spiro atoms. The van der Waals surface area contributed by atoms with Crippen molar-refractivity contribution in [3.05, 3.63) is 35.6 Å². The molecule has 0 aliphatic carbocycles. The minimum atomic E-state index is -0.969. The van der Waals surface area contributed by atoms with Gasteiger partial charge in [0.25, 0.3) is 0 Å². The fourth-order valence-corrected chi connectivity index (χ4v) is 1.37. The van der Waals surface area contributed by atoms with Crippen LogP contribution in [0.1, 0.15) is 24.8 Å². The molecule has 0 radical (unpaired) electrons. The number of halogens is 1. The number of carboxylic acid groups (broad SMARTS) is 1. The van der Waals surface area contributed by atoms with E-state index in [1.165, 1.54) is 18.2 Å². The van der Waals surface area contributed by atoms with E-state index in [-0.39, 0.29) is 18.9 Å². The standard InChI is InChI=1S/C12H14FNO3/c1-8(9-3-2-4-10(13)7-9)12(17)14-6-5-11(15)16/h2-4,7-8H,5-6H2,1H3,(H,14,17)(H,15,16). The van der Waals surface area contributed by atoms with Gasteiger partial charge in [-0.3, -0.25) is 9.59 Å². The maximum absolute atomic E-state index is 12.9. The minimum absolute atomic E-state index is 0.0772. The first-order chi connectivity index (χ1) is 8.00. The van der Waals surface area contributed by atoms with Crippen LogP contribution in [-0.2, 0) is 9.59 Å². The van der Waals surface area contributed by atoms with E-state index >= 15 is 0 Å². The molecule has 5 heteroatoms. The average molecular weight is 239 g/mol. The van der Waals surface area contributed by atoms with Crippen molar-refractivity contribution in [1.82, 2.24) is 5.32 Å². The Balaban J connectivity index is 2.54. The molecule has 0 heterocycles. The van der Waals surface area contributed by atoms with Crippen LogP contribution < -0.4 is 5.32 Å². The zero-order valence-corrected chi connectivity index (χ0v) is 9.44. The van der Waals surface area contributed by atoms with E-state index in [2.05, 4.69) is 5.32 Å². The summed E-state index contributed by atoms with van der Waals surface area (Å²) >= 11 is 0. The molecule has 1 aromatic carbocycles. The third-order valence-electron chi connectivity index (χ3n) is 2.38. The highest BCUT2D eigenvalue weighted by Gasteiger charge is 2.15. The largest absolute Gasteiger partial charge is 0.481 e. The molecule has 1 rings (SSSR count). The van der Waals surface area contributed by atoms with Crippen molar-refractivity contribution in [1.29, 1.82) is 0 Å². The molecule has 1 amide bonds. The summed E-state index contributed by atoms with van der Waals surface area (Å²) in [6, 6.07) is 5.79. The Morgan fingerprint density at radius 2 is 2.18 bits per heavy atom. The number of carboxylic acids is 1. The zero-order chi connectivity index (χ0) is 12.8. The molecule has 0 aliphatic rings. The number of amides is 1. The van der Waals surface area contributed by atoms with Crippen molar-refractivity contribution in [2.45, 2.75) is 19.3 Å². The number of rotatable bonds is 5. The number of aliphatic carboxylic acids is 1. The molecule has 0 bridgehead atoms. The van der Waals surface area contributed by atoms with Gasteiger partial charge in [-0.05, 0) is 24.6 Å². The smallest absolute Gasteiger partial charge is 0.305 e. The zero-order valence-electron chi connectivity index (χ0n) is 9.44. The molecule has 0 aromatic heterocycles. The van der Waals surface area contributed by atoms with Crippen LogP contribution in [0.3, 0.4) is 0 Å². The van der Waals surface area contributed by atoms with Crippen LogP contribution in [0.4, 0.5) is 4.39 Å². The molecule has 1 atom stereocenters. The Morgan fingerprint density at radius 3 is 2.76 bits per heavy atom. The van der Waals surface area contributed by atoms with Gasteiger partial charge in [0, 0.05) is 6.54 Å². The van der Waals surface area contributed by atoms with Crippen molar-refractivity contribution >= 4 is 11.9 Å². The summed E-state index contributed by atoms with van der Waals surface area (Å²) < 4.78 is 12.9. The van der Waals surface area contributed by atoms with Crippen molar-refractivity contribution in [2.24, 2.45) is 0 Å². The lowest BCUT2D eigenvalue weighted by Gasteiger charge is -2.11. The highest BCUT2D eigenvalue weighted by atomic mass is 19.1. The molecular formula is C12H14FNO3. The quantitative estimate of drug-likeness (QED) is 0.818. The van der Waals surface area contributed by atoms with Crippen LogP contribution in [0.5, 0.6) is 0 Å². The normalized spacial score (nSPS) is 11.9. The third-order valence-corrected chi connectivity index (χ3v) is 2.38. The Kier molecular flexibility index (Phi) is 4.63. The Bertz CT molecular complexity index is 420. The predicted molar refractivity (Wildman–Crippen MR) is 60.1 cm³/mol. The van der Waals surface area contributed by atoms with E-state index in [1.807, 2.05) is 0 Å². The van der Waals surface area contributed by atoms with Crippen LogP contribution in [0, 0.1) is 5.82 Å². The highest BCUT2D eigenvalue weighted by molar-refractivity contribution is 5.83. The first kappa shape index (κ1) is 13.2. The van der Waals surface area contributed by atoms with Gasteiger partial charge >= 0.3 is 5.97 Å². The summed E-state index contributed by atoms with van der Waals surface area (Å²) in [6.45, 7) is 1.72. The number of carbonyl (C=O) groups excluding carboxylic acids is 1. The van der Waals surface area contributed by atoms with E-state index in [1.54, 1.807) is 13.0 Å². The summed E-state index contributed by atoms with van der Waals surface area (Å²) in [6.07, 6.45) is -0.123. The molecule has 0 aliphatic heterocycles. The lowest BCUT2D eigenvalue weighted by atomic mass is 10.0. The summed E-state index contributed by atoms with van der Waals surface area (Å²) in [7, 11) is 0. The van der Waals surface area contributed by atoms with Gasteiger partial charge in [-0.2, -0.15) is 0 Å². The van der Waals surface area contributed by atoms with Gasteiger partial charge < -0.3 is 10.4 Å². The summed E-state index contributed by atoms with van der Waals surface area (Å²) in [5.41, 5.74) is 0.567. The van der Waals surface area contributed by atoms with Crippen molar-refractivity contribution in [2.75, 3.05) is 6.54 Å². The fraction of sp³-hybridized carbons (Fsp3) is 0.333. The Labute approximate surface area is 98.5 Å². The number of carbonyl (C=O) groups is 2. The summed E-state index contributed by atoms with van der Waals surface area (Å²) in [5.74, 6) is -2.17. The van der Waals surface area contributed by atoms with Crippen LogP contribution in [0.2, 0.25) is 0 Å². The monoisotopic (exact) mass is 239 g/mol. The molecule has 1 aromatic rings. The van der Waals surface area contributed by atoms with Crippen molar-refractivity contribution in [3.63, 3.8) is 0 Å². The Morgan fingerprint density at radius 1 is 1.47 bits per heavy atom. The molecular weight excluding hydrogens is 225 g/mol. The van der Waals surface area contributed by atoms with Gasteiger partial charge in [-0.1, -0.05) is 12.1 Å². The number of nitrogens with one attached hydrogen (secondary N) is 1. The van der Waals surface area contributed by atoms with Crippen LogP contribution in [-0.4, -0.2) is 23.5 Å². The van der Waals surface area contributed by atoms with Gasteiger partial charge in [0.2, 0.25) is 5.91 Å². The van der Waals surface area contributed by atoms with Gasteiger partial charge in [-0.25, -0.2) is 4.39 Å². The van der Waals surface area contributed by atoms with Gasteiger partial charge in [0.15, 0.2) is 0 Å². The number of benzene rings is 1. The molecule has 17 heavy (non-hydrogen) atoms. The molecule has 0 saturated carbocycles. The van der Waals surface area contributed by atoms with Gasteiger partial charge in [0.1, 0.15) is 5.82 Å². The summed E-state index contributed by atoms with van der Waals surface area (Å²) in [5, 5.41) is 10.9. The SMILES string of the molecule is CC(C(=O)NCCC(=O)O)c1cccc(F)c1. The second-order valence-electron chi connectivity index (χ2n) is 3.71. The fourth-order valence-electron chi connectivity index (χ4n) is 1.37. The molecule has 4 nitrogen and oxygen atoms in total. The van der Waals surface area contributed by atoms with Crippen LogP contribution in [0.15, 0.2) is 24.3 Å². The first-order valence-corrected chi connectivity index (χ1v) is 5.25. The molecule has 92 valence electrons. The molecule has 1 unspecified atom stereocenters.